The second kappa shape index (κ2) is 4.80. The maximum atomic E-state index is 3.59. The summed E-state index contributed by atoms with van der Waals surface area (Å²) < 4.78 is 1.39. The van der Waals surface area contributed by atoms with Gasteiger partial charge in [-0.05, 0) is 41.6 Å². The highest BCUT2D eigenvalue weighted by molar-refractivity contribution is 7.20. The summed E-state index contributed by atoms with van der Waals surface area (Å²) in [6.45, 7) is 0. The number of anilines is 1. The van der Waals surface area contributed by atoms with Gasteiger partial charge in [-0.15, -0.1) is 11.3 Å². The van der Waals surface area contributed by atoms with E-state index in [9.17, 15) is 0 Å². The second-order valence-electron chi connectivity index (χ2n) is 5.12. The summed E-state index contributed by atoms with van der Waals surface area (Å²) in [5, 5.41) is 5.01. The normalized spacial score (nSPS) is 17.1. The number of benzene rings is 2. The predicted octanol–water partition coefficient (Wildman–Crippen LogP) is 4.95. The van der Waals surface area contributed by atoms with Gasteiger partial charge in [0.2, 0.25) is 0 Å². The SMILES string of the molecule is C1=CC(Nc2ccccc2)Cc2c1sc1ccccc21. The van der Waals surface area contributed by atoms with Crippen LogP contribution in [0, 0.1) is 0 Å². The summed E-state index contributed by atoms with van der Waals surface area (Å²) in [5.41, 5.74) is 2.67. The number of para-hydroxylation sites is 1. The van der Waals surface area contributed by atoms with Crippen molar-refractivity contribution in [3.05, 3.63) is 71.1 Å². The molecule has 2 heteroatoms. The third-order valence-electron chi connectivity index (χ3n) is 3.76. The molecule has 0 spiro atoms. The van der Waals surface area contributed by atoms with Crippen molar-refractivity contribution < 1.29 is 0 Å². The van der Waals surface area contributed by atoms with Gasteiger partial charge in [0.1, 0.15) is 0 Å². The van der Waals surface area contributed by atoms with Crippen LogP contribution in [0.2, 0.25) is 0 Å². The summed E-state index contributed by atoms with van der Waals surface area (Å²) in [4.78, 5) is 1.41. The number of hydrogen-bond donors (Lipinski definition) is 1. The molecule has 1 aliphatic rings. The number of nitrogens with one attached hydrogen (secondary N) is 1. The van der Waals surface area contributed by atoms with Gasteiger partial charge in [0.25, 0.3) is 0 Å². The second-order valence-corrected chi connectivity index (χ2v) is 6.20. The molecule has 0 amide bonds. The summed E-state index contributed by atoms with van der Waals surface area (Å²) in [7, 11) is 0. The van der Waals surface area contributed by atoms with Crippen LogP contribution in [0.5, 0.6) is 0 Å². The number of fused-ring (bicyclic) bond motifs is 3. The molecule has 1 unspecified atom stereocenters. The van der Waals surface area contributed by atoms with Crippen molar-refractivity contribution in [1.29, 1.82) is 0 Å². The molecule has 0 aliphatic heterocycles. The van der Waals surface area contributed by atoms with Crippen LogP contribution in [-0.2, 0) is 6.42 Å². The Morgan fingerprint density at radius 2 is 1.75 bits per heavy atom. The minimum Gasteiger partial charge on any atom is -0.378 e. The standard InChI is InChI=1S/C18H15NS/c1-2-6-13(7-3-1)19-14-10-11-18-16(12-14)15-8-4-5-9-17(15)20-18/h1-11,14,19H,12H2. The van der Waals surface area contributed by atoms with Gasteiger partial charge >= 0.3 is 0 Å². The van der Waals surface area contributed by atoms with Crippen molar-refractivity contribution in [2.24, 2.45) is 0 Å². The quantitative estimate of drug-likeness (QED) is 0.698. The van der Waals surface area contributed by atoms with Crippen molar-refractivity contribution in [3.8, 4) is 0 Å². The number of rotatable bonds is 2. The number of hydrogen-bond acceptors (Lipinski definition) is 2. The molecule has 0 fully saturated rings. The van der Waals surface area contributed by atoms with E-state index >= 15 is 0 Å². The largest absolute Gasteiger partial charge is 0.378 e. The van der Waals surface area contributed by atoms with E-state index < -0.39 is 0 Å². The molecule has 0 bridgehead atoms. The molecule has 0 radical (unpaired) electrons. The molecule has 1 N–H and O–H groups in total. The highest BCUT2D eigenvalue weighted by atomic mass is 32.1. The average Bonchev–Trinajstić information content (AvgIpc) is 2.86. The Bertz CT molecular complexity index is 770. The van der Waals surface area contributed by atoms with Crippen molar-refractivity contribution in [2.45, 2.75) is 12.5 Å². The van der Waals surface area contributed by atoms with Crippen LogP contribution in [0.15, 0.2) is 60.7 Å². The first-order chi connectivity index (χ1) is 9.90. The minimum absolute atomic E-state index is 0.378. The summed E-state index contributed by atoms with van der Waals surface area (Å²) in [6, 6.07) is 19.5. The van der Waals surface area contributed by atoms with Gasteiger partial charge in [-0.1, -0.05) is 42.5 Å². The van der Waals surface area contributed by atoms with E-state index in [0.717, 1.165) is 6.42 Å². The molecule has 1 heterocycles. The minimum atomic E-state index is 0.378. The Labute approximate surface area is 122 Å². The lowest BCUT2D eigenvalue weighted by atomic mass is 9.97. The zero-order valence-corrected chi connectivity index (χ0v) is 11.9. The molecular formula is C18H15NS. The Kier molecular flexibility index (Phi) is 2.82. The highest BCUT2D eigenvalue weighted by Crippen LogP contribution is 2.35. The Morgan fingerprint density at radius 1 is 0.950 bits per heavy atom. The van der Waals surface area contributed by atoms with E-state index in [4.69, 9.17) is 0 Å². The molecule has 2 aromatic carbocycles. The average molecular weight is 277 g/mol. The van der Waals surface area contributed by atoms with Crippen LogP contribution < -0.4 is 5.32 Å². The van der Waals surface area contributed by atoms with Crippen molar-refractivity contribution in [3.63, 3.8) is 0 Å². The van der Waals surface area contributed by atoms with Crippen LogP contribution in [-0.4, -0.2) is 6.04 Å². The summed E-state index contributed by atoms with van der Waals surface area (Å²) in [5.74, 6) is 0. The van der Waals surface area contributed by atoms with Crippen molar-refractivity contribution in [1.82, 2.24) is 0 Å². The van der Waals surface area contributed by atoms with Gasteiger partial charge in [0.05, 0.1) is 0 Å². The molecule has 3 aromatic rings. The van der Waals surface area contributed by atoms with Crippen molar-refractivity contribution >= 4 is 33.2 Å². The van der Waals surface area contributed by atoms with Gasteiger partial charge in [-0.3, -0.25) is 0 Å². The molecule has 1 nitrogen and oxygen atoms in total. The third-order valence-corrected chi connectivity index (χ3v) is 4.94. The van der Waals surface area contributed by atoms with Gasteiger partial charge in [0.15, 0.2) is 0 Å². The Balaban J connectivity index is 1.66. The Hall–Kier alpha value is -2.06. The maximum Gasteiger partial charge on any atom is 0.0489 e. The van der Waals surface area contributed by atoms with Crippen LogP contribution >= 0.6 is 11.3 Å². The third kappa shape index (κ3) is 2.02. The predicted molar refractivity (Wildman–Crippen MR) is 88.4 cm³/mol. The van der Waals surface area contributed by atoms with Crippen LogP contribution in [0.3, 0.4) is 0 Å². The van der Waals surface area contributed by atoms with Gasteiger partial charge < -0.3 is 5.32 Å². The van der Waals surface area contributed by atoms with Crippen LogP contribution in [0.25, 0.3) is 16.2 Å². The molecular weight excluding hydrogens is 262 g/mol. The fourth-order valence-corrected chi connectivity index (χ4v) is 3.95. The first-order valence-corrected chi connectivity index (χ1v) is 7.72. The lowest BCUT2D eigenvalue weighted by Gasteiger charge is -2.20. The molecule has 1 atom stereocenters. The monoisotopic (exact) mass is 277 g/mol. The Morgan fingerprint density at radius 3 is 2.65 bits per heavy atom. The fourth-order valence-electron chi connectivity index (χ4n) is 2.80. The van der Waals surface area contributed by atoms with E-state index in [0.29, 0.717) is 6.04 Å². The molecule has 1 aromatic heterocycles. The molecule has 1 aliphatic carbocycles. The lowest BCUT2D eigenvalue weighted by molar-refractivity contribution is 0.865. The van der Waals surface area contributed by atoms with E-state index in [1.165, 1.54) is 26.2 Å². The molecule has 20 heavy (non-hydrogen) atoms. The zero-order chi connectivity index (χ0) is 13.4. The first-order valence-electron chi connectivity index (χ1n) is 6.90. The van der Waals surface area contributed by atoms with Gasteiger partial charge in [-0.2, -0.15) is 0 Å². The highest BCUT2D eigenvalue weighted by Gasteiger charge is 2.18. The molecule has 98 valence electrons. The fraction of sp³-hybridized carbons (Fsp3) is 0.111. The van der Waals surface area contributed by atoms with Gasteiger partial charge in [-0.25, -0.2) is 0 Å². The first kappa shape index (κ1) is 11.7. The van der Waals surface area contributed by atoms with E-state index in [2.05, 4.69) is 66.0 Å². The van der Waals surface area contributed by atoms with Crippen molar-refractivity contribution in [2.75, 3.05) is 5.32 Å². The molecule has 4 rings (SSSR count). The van der Waals surface area contributed by atoms with E-state index in [1.807, 2.05) is 17.4 Å². The van der Waals surface area contributed by atoms with E-state index in [-0.39, 0.29) is 0 Å². The number of thiophene rings is 1. The smallest absolute Gasteiger partial charge is 0.0489 e. The topological polar surface area (TPSA) is 12.0 Å². The maximum absolute atomic E-state index is 3.59. The zero-order valence-electron chi connectivity index (χ0n) is 11.0. The lowest BCUT2D eigenvalue weighted by Crippen LogP contribution is -2.21. The summed E-state index contributed by atoms with van der Waals surface area (Å²) in [6.07, 6.45) is 5.61. The van der Waals surface area contributed by atoms with E-state index in [1.54, 1.807) is 0 Å². The molecule has 0 saturated heterocycles. The van der Waals surface area contributed by atoms with Crippen LogP contribution in [0.1, 0.15) is 10.4 Å². The summed E-state index contributed by atoms with van der Waals surface area (Å²) >= 11 is 1.89. The van der Waals surface area contributed by atoms with Crippen LogP contribution in [0.4, 0.5) is 5.69 Å². The van der Waals surface area contributed by atoms with Gasteiger partial charge in [0, 0.05) is 21.3 Å². The molecule has 0 saturated carbocycles.